The fraction of sp³-hybridized carbons (Fsp3) is 0.606. The third-order valence-corrected chi connectivity index (χ3v) is 12.7. The lowest BCUT2D eigenvalue weighted by Crippen LogP contribution is -2.46. The summed E-state index contributed by atoms with van der Waals surface area (Å²) in [5, 5.41) is 35.0. The molecule has 1 aliphatic heterocycles. The lowest BCUT2D eigenvalue weighted by atomic mass is 9.87. The zero-order valence-corrected chi connectivity index (χ0v) is 37.5. The fourth-order valence-electron chi connectivity index (χ4n) is 5.44. The van der Waals surface area contributed by atoms with Gasteiger partial charge in [-0.1, -0.05) is 49.9 Å². The maximum absolute atomic E-state index is 12.7. The number of anilines is 1. The number of aliphatic hydroxyl groups is 2. The van der Waals surface area contributed by atoms with E-state index in [0.29, 0.717) is 37.9 Å². The molecule has 7 unspecified atom stereocenters. The maximum atomic E-state index is 12.7. The number of carboxylic acids is 1. The Morgan fingerprint density at radius 2 is 1.65 bits per heavy atom. The average molecular weight is 976 g/mol. The molecule has 0 bridgehead atoms. The molecule has 63 heavy (non-hydrogen) atoms. The number of aromatic nitrogens is 4. The number of hydrogen-bond donors (Lipinski definition) is 10. The number of ether oxygens (including phenoxy) is 1. The molecule has 3 heterocycles. The predicted molar refractivity (Wildman–Crippen MR) is 221 cm³/mol. The zero-order chi connectivity index (χ0) is 47.0. The van der Waals surface area contributed by atoms with Gasteiger partial charge in [0.25, 0.3) is 0 Å². The van der Waals surface area contributed by atoms with Gasteiger partial charge in [-0.15, -0.1) is 0 Å². The first kappa shape index (κ1) is 53.8. The number of carbonyl (C=O) groups excluding carboxylic acids is 3. The number of rotatable bonds is 28. The number of thioether (sulfide) groups is 1. The summed E-state index contributed by atoms with van der Waals surface area (Å²) in [6.07, 6.45) is 3.48. The lowest BCUT2D eigenvalue weighted by Gasteiger charge is -2.30. The monoisotopic (exact) mass is 975 g/mol. The molecule has 7 atom stereocenters. The zero-order valence-electron chi connectivity index (χ0n) is 34.0. The Labute approximate surface area is 364 Å². The number of unbranched alkanes of at least 4 members (excludes halogenated alkanes) is 1. The molecule has 3 rings (SSSR count). The molecule has 26 nitrogen and oxygen atoms in total. The largest absolute Gasteiger partial charge is 0.481 e. The Hall–Kier alpha value is -3.49. The van der Waals surface area contributed by atoms with Gasteiger partial charge in [-0.3, -0.25) is 37.3 Å². The topological polar surface area (TPSA) is 401 Å². The van der Waals surface area contributed by atoms with E-state index in [4.69, 9.17) is 24.6 Å². The Morgan fingerprint density at radius 1 is 0.968 bits per heavy atom. The lowest BCUT2D eigenvalue weighted by molar-refractivity contribution is -0.137. The number of phosphoric acid groups is 3. The number of allylic oxidation sites excluding steroid dienone is 4. The molecule has 0 aliphatic carbocycles. The van der Waals surface area contributed by atoms with Gasteiger partial charge < -0.3 is 56.0 Å². The number of aliphatic carboxylic acids is 1. The number of aliphatic hydroxyl groups excluding tert-OH is 2. The van der Waals surface area contributed by atoms with E-state index in [1.165, 1.54) is 13.8 Å². The van der Waals surface area contributed by atoms with Crippen LogP contribution in [0.5, 0.6) is 0 Å². The van der Waals surface area contributed by atoms with Crippen LogP contribution in [-0.4, -0.2) is 134 Å². The summed E-state index contributed by atoms with van der Waals surface area (Å²) in [5.74, 6) is -2.02. The molecule has 0 aromatic carbocycles. The van der Waals surface area contributed by atoms with Crippen molar-refractivity contribution in [1.82, 2.24) is 30.2 Å². The fourth-order valence-corrected chi connectivity index (χ4v) is 8.99. The molecule has 1 fully saturated rings. The van der Waals surface area contributed by atoms with Gasteiger partial charge in [0.1, 0.15) is 36.3 Å². The van der Waals surface area contributed by atoms with Crippen molar-refractivity contribution in [2.75, 3.05) is 37.8 Å². The van der Waals surface area contributed by atoms with Crippen LogP contribution in [0.25, 0.3) is 11.2 Å². The highest BCUT2D eigenvalue weighted by Gasteiger charge is 2.50. The van der Waals surface area contributed by atoms with Crippen molar-refractivity contribution >= 4 is 75.1 Å². The minimum atomic E-state index is -5.59. The molecule has 0 radical (unpaired) electrons. The van der Waals surface area contributed by atoms with Crippen LogP contribution in [0.1, 0.15) is 65.0 Å². The highest BCUT2D eigenvalue weighted by molar-refractivity contribution is 8.13. The minimum absolute atomic E-state index is 0.0238. The van der Waals surface area contributed by atoms with Crippen LogP contribution in [0.2, 0.25) is 0 Å². The Balaban J connectivity index is 1.37. The molecule has 1 saturated heterocycles. The van der Waals surface area contributed by atoms with E-state index in [1.807, 2.05) is 18.2 Å². The molecule has 354 valence electrons. The SMILES string of the molecule is CC(C)(COP(=O)(O)OP(=O)(O)OCC1OC(n2cnc3c(N)ncnc32)C(O)C1OP(=O)(O)O)C(O)C(=O)NCCC(=O)NCCSC(=O)CCC/C=C/C/C=C/CCC(=O)O. The van der Waals surface area contributed by atoms with Crippen molar-refractivity contribution in [3.8, 4) is 0 Å². The van der Waals surface area contributed by atoms with Crippen LogP contribution in [0.4, 0.5) is 5.82 Å². The molecule has 0 spiro atoms. The second kappa shape index (κ2) is 24.7. The Morgan fingerprint density at radius 3 is 2.33 bits per heavy atom. The first-order valence-electron chi connectivity index (χ1n) is 19.0. The Bertz CT molecular complexity index is 2090. The summed E-state index contributed by atoms with van der Waals surface area (Å²) in [6.45, 7) is 0.407. The van der Waals surface area contributed by atoms with Crippen LogP contribution in [0.3, 0.4) is 0 Å². The van der Waals surface area contributed by atoms with Gasteiger partial charge in [0.2, 0.25) is 11.8 Å². The summed E-state index contributed by atoms with van der Waals surface area (Å²) in [7, 11) is -16.4. The first-order valence-corrected chi connectivity index (χ1v) is 24.5. The number of imidazole rings is 1. The van der Waals surface area contributed by atoms with E-state index in [0.717, 1.165) is 29.0 Å². The quantitative estimate of drug-likeness (QED) is 0.0325. The smallest absolute Gasteiger partial charge is 0.481 e. The maximum Gasteiger partial charge on any atom is 0.481 e. The van der Waals surface area contributed by atoms with Crippen LogP contribution >= 0.6 is 35.2 Å². The number of nitrogen functional groups attached to an aromatic ring is 1. The van der Waals surface area contributed by atoms with Gasteiger partial charge in [0.15, 0.2) is 22.8 Å². The van der Waals surface area contributed by atoms with E-state index >= 15 is 0 Å². The normalized spacial score (nSPS) is 20.8. The molecule has 0 saturated carbocycles. The molecule has 11 N–H and O–H groups in total. The number of nitrogens with one attached hydrogen (secondary N) is 2. The van der Waals surface area contributed by atoms with Crippen molar-refractivity contribution in [2.45, 2.75) is 89.4 Å². The van der Waals surface area contributed by atoms with Crippen LogP contribution in [0.15, 0.2) is 37.0 Å². The highest BCUT2D eigenvalue weighted by Crippen LogP contribution is 2.61. The van der Waals surface area contributed by atoms with Crippen molar-refractivity contribution in [3.05, 3.63) is 37.0 Å². The first-order chi connectivity index (χ1) is 29.4. The third-order valence-electron chi connectivity index (χ3n) is 8.65. The van der Waals surface area contributed by atoms with Gasteiger partial charge in [-0.25, -0.2) is 28.6 Å². The van der Waals surface area contributed by atoms with E-state index in [2.05, 4.69) is 34.4 Å². The van der Waals surface area contributed by atoms with E-state index in [-0.39, 0.29) is 48.0 Å². The number of carboxylic acid groups (broad SMARTS) is 1. The average Bonchev–Trinajstić information content (AvgIpc) is 3.75. The molecule has 30 heteroatoms. The number of hydrogen-bond acceptors (Lipinski definition) is 19. The number of phosphoric ester groups is 3. The molecular weight excluding hydrogens is 923 g/mol. The summed E-state index contributed by atoms with van der Waals surface area (Å²) in [5.41, 5.74) is 4.23. The summed E-state index contributed by atoms with van der Waals surface area (Å²) >= 11 is 1.07. The standard InChI is InChI=1S/C33H52N7O19P3S/c1-33(2,28(46)31(47)36-14-13-22(41)35-15-16-63-24(44)12-10-8-6-4-3-5-7-9-11-23(42)43)18-56-62(53,54)59-61(51,52)55-17-21-27(58-60(48,49)50)26(45)32(57-21)40-20-39-25-29(34)37-19-38-30(25)40/h4-7,19-21,26-28,32,45-46H,3,8-18H2,1-2H3,(H,35,41)(H,36,47)(H,42,43)(H,51,52)(H,53,54)(H2,34,37,38)(H2,48,49,50)/b6-4+,7-5+. The number of fused-ring (bicyclic) bond motifs is 1. The van der Waals surface area contributed by atoms with Crippen molar-refractivity contribution in [1.29, 1.82) is 0 Å². The summed E-state index contributed by atoms with van der Waals surface area (Å²) in [4.78, 5) is 98.4. The van der Waals surface area contributed by atoms with Crippen LogP contribution in [-0.2, 0) is 55.5 Å². The van der Waals surface area contributed by atoms with Gasteiger partial charge in [0.05, 0.1) is 19.5 Å². The second-order valence-corrected chi connectivity index (χ2v) is 19.7. The van der Waals surface area contributed by atoms with Gasteiger partial charge in [-0.2, -0.15) is 4.31 Å². The van der Waals surface area contributed by atoms with E-state index in [1.54, 1.807) is 6.08 Å². The molecule has 2 aromatic rings. The van der Waals surface area contributed by atoms with Gasteiger partial charge in [0, 0.05) is 43.5 Å². The number of nitrogens with two attached hydrogens (primary N) is 1. The number of nitrogens with zero attached hydrogens (tertiary/aromatic N) is 4. The van der Waals surface area contributed by atoms with Crippen molar-refractivity contribution < 1.29 is 90.4 Å². The van der Waals surface area contributed by atoms with Crippen molar-refractivity contribution in [3.63, 3.8) is 0 Å². The molecular formula is C33H52N7O19P3S. The minimum Gasteiger partial charge on any atom is -0.481 e. The van der Waals surface area contributed by atoms with Gasteiger partial charge >= 0.3 is 29.4 Å². The second-order valence-electron chi connectivity index (χ2n) is 14.3. The van der Waals surface area contributed by atoms with Crippen LogP contribution in [0, 0.1) is 5.41 Å². The number of amides is 2. The highest BCUT2D eigenvalue weighted by atomic mass is 32.2. The summed E-state index contributed by atoms with van der Waals surface area (Å²) in [6, 6.07) is 0. The van der Waals surface area contributed by atoms with E-state index in [9.17, 15) is 62.7 Å². The predicted octanol–water partition coefficient (Wildman–Crippen LogP) is 1.20. The Kier molecular flexibility index (Phi) is 21.1. The van der Waals surface area contributed by atoms with Crippen LogP contribution < -0.4 is 16.4 Å². The molecule has 1 aliphatic rings. The molecule has 2 aromatic heterocycles. The molecule has 2 amide bonds. The third kappa shape index (κ3) is 18.9. The van der Waals surface area contributed by atoms with Crippen molar-refractivity contribution in [2.24, 2.45) is 5.41 Å². The summed E-state index contributed by atoms with van der Waals surface area (Å²) < 4.78 is 62.2. The number of carbonyl (C=O) groups is 4. The van der Waals surface area contributed by atoms with E-state index < -0.39 is 90.5 Å². The van der Waals surface area contributed by atoms with Gasteiger partial charge in [-0.05, 0) is 25.7 Å².